The van der Waals surface area contributed by atoms with Crippen LogP contribution in [0.1, 0.15) is 0 Å². The first-order valence-electron chi connectivity index (χ1n) is 7.90. The van der Waals surface area contributed by atoms with E-state index in [2.05, 4.69) is 21.0 Å². The van der Waals surface area contributed by atoms with Crippen molar-refractivity contribution >= 4 is 11.0 Å². The predicted octanol–water partition coefficient (Wildman–Crippen LogP) is 4.31. The first-order valence-corrected chi connectivity index (χ1v) is 7.90. The number of pyridine rings is 2. The maximum absolute atomic E-state index is 5.40. The summed E-state index contributed by atoms with van der Waals surface area (Å²) in [6.45, 7) is 0. The summed E-state index contributed by atoms with van der Waals surface area (Å²) in [6, 6.07) is 12.0. The van der Waals surface area contributed by atoms with Gasteiger partial charge in [-0.2, -0.15) is 0 Å². The van der Waals surface area contributed by atoms with Crippen molar-refractivity contribution in [3.63, 3.8) is 0 Å². The highest BCUT2D eigenvalue weighted by Crippen LogP contribution is 2.34. The summed E-state index contributed by atoms with van der Waals surface area (Å²) in [5, 5.41) is 1.06. The first-order chi connectivity index (χ1) is 12.3. The Morgan fingerprint density at radius 2 is 1.76 bits per heavy atom. The average Bonchev–Trinajstić information content (AvgIpc) is 3.11. The van der Waals surface area contributed by atoms with Gasteiger partial charge in [-0.15, -0.1) is 0 Å². The molecule has 0 radical (unpaired) electrons. The number of nitrogens with one attached hydrogen (secondary N) is 1. The lowest BCUT2D eigenvalue weighted by molar-refractivity contribution is 0.355. The molecule has 4 rings (SSSR count). The molecule has 5 nitrogen and oxygen atoms in total. The number of H-pyrrole nitrogens is 1. The molecule has 0 aliphatic rings. The van der Waals surface area contributed by atoms with Gasteiger partial charge in [0.25, 0.3) is 0 Å². The van der Waals surface area contributed by atoms with Gasteiger partial charge in [0.15, 0.2) is 11.5 Å². The van der Waals surface area contributed by atoms with E-state index in [4.69, 9.17) is 9.47 Å². The Morgan fingerprint density at radius 1 is 0.880 bits per heavy atom. The van der Waals surface area contributed by atoms with Crippen molar-refractivity contribution < 1.29 is 9.47 Å². The molecule has 0 aliphatic carbocycles. The minimum absolute atomic E-state index is 0.696. The van der Waals surface area contributed by atoms with E-state index < -0.39 is 0 Å². The monoisotopic (exact) mass is 331 g/mol. The molecule has 1 N–H and O–H groups in total. The zero-order valence-electron chi connectivity index (χ0n) is 14.0. The fraction of sp³-hybridized carbons (Fsp3) is 0.100. The maximum Gasteiger partial charge on any atom is 0.161 e. The molecule has 0 unspecified atom stereocenters. The SMILES string of the molecule is COc1ccc(-c2cnc3[nH]cc(-c4cccnc4)c3c2)cc1OC. The Hall–Kier alpha value is -3.34. The molecule has 0 fully saturated rings. The van der Waals surface area contributed by atoms with E-state index in [0.29, 0.717) is 11.5 Å². The van der Waals surface area contributed by atoms with Crippen molar-refractivity contribution in [2.75, 3.05) is 14.2 Å². The molecule has 3 aromatic heterocycles. The molecule has 1 aromatic carbocycles. The molecule has 3 heterocycles. The van der Waals surface area contributed by atoms with Crippen LogP contribution in [0, 0.1) is 0 Å². The maximum atomic E-state index is 5.40. The molecule has 0 spiro atoms. The molecule has 5 heteroatoms. The molecule has 124 valence electrons. The van der Waals surface area contributed by atoms with Gasteiger partial charge in [0, 0.05) is 46.9 Å². The molecule has 0 aliphatic heterocycles. The van der Waals surface area contributed by atoms with Crippen LogP contribution in [0.2, 0.25) is 0 Å². The number of benzene rings is 1. The summed E-state index contributed by atoms with van der Waals surface area (Å²) in [5.41, 5.74) is 5.02. The van der Waals surface area contributed by atoms with Crippen molar-refractivity contribution in [2.24, 2.45) is 0 Å². The second-order valence-electron chi connectivity index (χ2n) is 5.63. The number of rotatable bonds is 4. The quantitative estimate of drug-likeness (QED) is 0.605. The van der Waals surface area contributed by atoms with Crippen LogP contribution >= 0.6 is 0 Å². The highest BCUT2D eigenvalue weighted by molar-refractivity contribution is 5.95. The second-order valence-corrected chi connectivity index (χ2v) is 5.63. The third kappa shape index (κ3) is 2.70. The molecule has 0 amide bonds. The summed E-state index contributed by atoms with van der Waals surface area (Å²) >= 11 is 0. The number of methoxy groups -OCH3 is 2. The summed E-state index contributed by atoms with van der Waals surface area (Å²) in [5.74, 6) is 1.40. The molecular formula is C20H17N3O2. The Morgan fingerprint density at radius 3 is 2.52 bits per heavy atom. The lowest BCUT2D eigenvalue weighted by Crippen LogP contribution is -1.91. The third-order valence-electron chi connectivity index (χ3n) is 4.22. The standard InChI is InChI=1S/C20H17N3O2/c1-24-18-6-5-13(9-19(18)25-2)15-8-16-17(12-23-20(16)22-11-15)14-4-3-7-21-10-14/h3-12H,1-2H3,(H,22,23). The van der Waals surface area contributed by atoms with Crippen LogP contribution in [0.5, 0.6) is 11.5 Å². The van der Waals surface area contributed by atoms with Crippen LogP contribution < -0.4 is 9.47 Å². The van der Waals surface area contributed by atoms with E-state index in [1.54, 1.807) is 20.4 Å². The Bertz CT molecular complexity index is 1030. The Balaban J connectivity index is 1.84. The highest BCUT2D eigenvalue weighted by atomic mass is 16.5. The van der Waals surface area contributed by atoms with Gasteiger partial charge in [-0.25, -0.2) is 4.98 Å². The minimum atomic E-state index is 0.696. The summed E-state index contributed by atoms with van der Waals surface area (Å²) in [6.07, 6.45) is 7.44. The Labute approximate surface area is 145 Å². The first kappa shape index (κ1) is 15.2. The Kier molecular flexibility index (Phi) is 3.82. The van der Waals surface area contributed by atoms with Crippen molar-refractivity contribution in [3.8, 4) is 33.8 Å². The lowest BCUT2D eigenvalue weighted by atomic mass is 10.0. The van der Waals surface area contributed by atoms with E-state index in [-0.39, 0.29) is 0 Å². The average molecular weight is 331 g/mol. The van der Waals surface area contributed by atoms with E-state index in [9.17, 15) is 0 Å². The zero-order chi connectivity index (χ0) is 17.2. The van der Waals surface area contributed by atoms with E-state index in [0.717, 1.165) is 33.3 Å². The summed E-state index contributed by atoms with van der Waals surface area (Å²) < 4.78 is 10.7. The summed E-state index contributed by atoms with van der Waals surface area (Å²) in [7, 11) is 3.26. The minimum Gasteiger partial charge on any atom is -0.493 e. The van der Waals surface area contributed by atoms with Crippen LogP contribution in [-0.4, -0.2) is 29.2 Å². The van der Waals surface area contributed by atoms with E-state index in [1.807, 2.05) is 48.9 Å². The largest absolute Gasteiger partial charge is 0.493 e. The highest BCUT2D eigenvalue weighted by Gasteiger charge is 2.11. The molecule has 0 saturated carbocycles. The molecular weight excluding hydrogens is 314 g/mol. The molecule has 0 atom stereocenters. The van der Waals surface area contributed by atoms with Gasteiger partial charge in [0.2, 0.25) is 0 Å². The molecule has 0 bridgehead atoms. The van der Waals surface area contributed by atoms with Crippen molar-refractivity contribution in [3.05, 3.63) is 61.2 Å². The third-order valence-corrected chi connectivity index (χ3v) is 4.22. The number of hydrogen-bond donors (Lipinski definition) is 1. The number of ether oxygens (including phenoxy) is 2. The smallest absolute Gasteiger partial charge is 0.161 e. The van der Waals surface area contributed by atoms with E-state index >= 15 is 0 Å². The normalized spacial score (nSPS) is 10.8. The topological polar surface area (TPSA) is 60.0 Å². The van der Waals surface area contributed by atoms with Crippen LogP contribution in [-0.2, 0) is 0 Å². The number of fused-ring (bicyclic) bond motifs is 1. The van der Waals surface area contributed by atoms with Gasteiger partial charge in [0.1, 0.15) is 5.65 Å². The predicted molar refractivity (Wildman–Crippen MR) is 97.9 cm³/mol. The van der Waals surface area contributed by atoms with Gasteiger partial charge in [-0.05, 0) is 29.8 Å². The van der Waals surface area contributed by atoms with Gasteiger partial charge < -0.3 is 14.5 Å². The number of aromatic nitrogens is 3. The molecule has 25 heavy (non-hydrogen) atoms. The zero-order valence-corrected chi connectivity index (χ0v) is 14.0. The van der Waals surface area contributed by atoms with Crippen LogP contribution in [0.4, 0.5) is 0 Å². The van der Waals surface area contributed by atoms with Gasteiger partial charge >= 0.3 is 0 Å². The van der Waals surface area contributed by atoms with Crippen LogP contribution in [0.15, 0.2) is 61.2 Å². The fourth-order valence-electron chi connectivity index (χ4n) is 2.94. The second kappa shape index (κ2) is 6.28. The van der Waals surface area contributed by atoms with Crippen LogP contribution in [0.25, 0.3) is 33.3 Å². The summed E-state index contributed by atoms with van der Waals surface area (Å²) in [4.78, 5) is 12.0. The van der Waals surface area contributed by atoms with Crippen molar-refractivity contribution in [1.29, 1.82) is 0 Å². The van der Waals surface area contributed by atoms with Crippen molar-refractivity contribution in [1.82, 2.24) is 15.0 Å². The van der Waals surface area contributed by atoms with Gasteiger partial charge in [0.05, 0.1) is 14.2 Å². The molecule has 0 saturated heterocycles. The molecule has 4 aromatic rings. The van der Waals surface area contributed by atoms with E-state index in [1.165, 1.54) is 0 Å². The van der Waals surface area contributed by atoms with Gasteiger partial charge in [-0.3, -0.25) is 4.98 Å². The fourth-order valence-corrected chi connectivity index (χ4v) is 2.94. The lowest BCUT2D eigenvalue weighted by Gasteiger charge is -2.10. The number of hydrogen-bond acceptors (Lipinski definition) is 4. The number of nitrogens with zero attached hydrogens (tertiary/aromatic N) is 2. The number of aromatic amines is 1. The van der Waals surface area contributed by atoms with Gasteiger partial charge in [-0.1, -0.05) is 12.1 Å². The van der Waals surface area contributed by atoms with Crippen molar-refractivity contribution in [2.45, 2.75) is 0 Å². The van der Waals surface area contributed by atoms with Crippen LogP contribution in [0.3, 0.4) is 0 Å².